The van der Waals surface area contributed by atoms with Crippen molar-refractivity contribution in [1.29, 1.82) is 0 Å². The molecule has 174 valence electrons. The highest BCUT2D eigenvalue weighted by Crippen LogP contribution is 2.45. The first-order valence-electron chi connectivity index (χ1n) is 11.3. The summed E-state index contributed by atoms with van der Waals surface area (Å²) < 4.78 is 34.3. The van der Waals surface area contributed by atoms with Crippen LogP contribution in [0.4, 0.5) is 20.2 Å². The molecule has 2 aromatic heterocycles. The molecule has 7 heteroatoms. The summed E-state index contributed by atoms with van der Waals surface area (Å²) in [5, 5.41) is 0.820. The molecule has 0 fully saturated rings. The van der Waals surface area contributed by atoms with Crippen LogP contribution in [0, 0.1) is 6.92 Å². The number of hydrogen-bond acceptors (Lipinski definition) is 4. The lowest BCUT2D eigenvalue weighted by atomic mass is 9.96. The molecule has 0 spiro atoms. The molecule has 5 nitrogen and oxygen atoms in total. The number of alkyl halides is 2. The van der Waals surface area contributed by atoms with E-state index in [2.05, 4.69) is 29.9 Å². The number of H-pyrrole nitrogens is 1. The van der Waals surface area contributed by atoms with Crippen molar-refractivity contribution in [2.24, 2.45) is 0 Å². The number of hydrogen-bond donors (Lipinski definition) is 1. The Hall–Kier alpha value is -3.74. The van der Waals surface area contributed by atoms with Crippen molar-refractivity contribution in [1.82, 2.24) is 9.97 Å². The molecule has 4 aromatic rings. The van der Waals surface area contributed by atoms with Gasteiger partial charge in [0, 0.05) is 51.4 Å². The molecule has 1 N–H and O–H groups in total. The van der Waals surface area contributed by atoms with E-state index in [1.807, 2.05) is 17.9 Å². The van der Waals surface area contributed by atoms with Crippen LogP contribution in [0.1, 0.15) is 53.4 Å². The molecule has 34 heavy (non-hydrogen) atoms. The summed E-state index contributed by atoms with van der Waals surface area (Å²) in [7, 11) is 0. The lowest BCUT2D eigenvalue weighted by molar-refractivity contribution is 0.112. The number of anilines is 2. The first-order valence-corrected chi connectivity index (χ1v) is 11.3. The van der Waals surface area contributed by atoms with Crippen LogP contribution in [0.2, 0.25) is 0 Å². The molecular weight excluding hydrogens is 436 g/mol. The zero-order chi connectivity index (χ0) is 24.0. The van der Waals surface area contributed by atoms with E-state index in [-0.39, 0.29) is 11.5 Å². The lowest BCUT2D eigenvalue weighted by Gasteiger charge is -2.33. The van der Waals surface area contributed by atoms with Crippen LogP contribution >= 0.6 is 0 Å². The number of carbonyl (C=O) groups is 1. The number of carbonyl (C=O) groups excluding carboxylic acids is 1. The van der Waals surface area contributed by atoms with E-state index in [9.17, 15) is 13.6 Å². The highest BCUT2D eigenvalue weighted by Gasteiger charge is 2.26. The number of benzene rings is 2. The maximum Gasteiger partial charge on any atom is 0.264 e. The maximum absolute atomic E-state index is 14.2. The average molecular weight is 462 g/mol. The van der Waals surface area contributed by atoms with Gasteiger partial charge >= 0.3 is 0 Å². The van der Waals surface area contributed by atoms with Crippen LogP contribution in [0.3, 0.4) is 0 Å². The third kappa shape index (κ3) is 3.71. The quantitative estimate of drug-likeness (QED) is 0.327. The van der Waals surface area contributed by atoms with Crippen molar-refractivity contribution < 1.29 is 18.3 Å². The molecule has 3 heterocycles. The average Bonchev–Trinajstić information content (AvgIpc) is 3.25. The van der Waals surface area contributed by atoms with Gasteiger partial charge in [-0.25, -0.2) is 8.78 Å². The van der Waals surface area contributed by atoms with Crippen LogP contribution in [-0.4, -0.2) is 29.4 Å². The largest absolute Gasteiger partial charge is 0.490 e. The molecule has 0 amide bonds. The van der Waals surface area contributed by atoms with E-state index in [1.165, 1.54) is 6.07 Å². The van der Waals surface area contributed by atoms with Gasteiger partial charge in [0.1, 0.15) is 12.4 Å². The smallest absolute Gasteiger partial charge is 0.264 e. The Labute approximate surface area is 196 Å². The minimum atomic E-state index is -2.66. The Morgan fingerprint density at radius 2 is 1.97 bits per heavy atom. The van der Waals surface area contributed by atoms with Crippen LogP contribution in [0.25, 0.3) is 22.0 Å². The molecule has 0 saturated carbocycles. The Kier molecular flexibility index (Phi) is 5.55. The number of nitrogens with zero attached hydrogens (tertiary/aromatic N) is 2. The topological polar surface area (TPSA) is 58.2 Å². The van der Waals surface area contributed by atoms with Gasteiger partial charge in [-0.05, 0) is 54.3 Å². The van der Waals surface area contributed by atoms with Gasteiger partial charge in [-0.3, -0.25) is 9.78 Å². The van der Waals surface area contributed by atoms with Gasteiger partial charge < -0.3 is 14.6 Å². The fourth-order valence-corrected chi connectivity index (χ4v) is 4.58. The molecule has 5 rings (SSSR count). The predicted octanol–water partition coefficient (Wildman–Crippen LogP) is 6.94. The number of aromatic amines is 1. The number of aldehydes is 1. The summed E-state index contributed by atoms with van der Waals surface area (Å²) in [5.41, 5.74) is 5.76. The molecule has 0 atom stereocenters. The van der Waals surface area contributed by atoms with Gasteiger partial charge in [0.2, 0.25) is 0 Å². The van der Waals surface area contributed by atoms with Crippen LogP contribution in [0.15, 0.2) is 48.8 Å². The van der Waals surface area contributed by atoms with Crippen molar-refractivity contribution in [3.8, 4) is 16.9 Å². The SMILES string of the molecule is Cc1ccc(-c2cc3c(cc2C(F)F)N(c2cc(C(C)C)c4[nH]cc(C=O)c4c2)CCO3)cn1. The predicted molar refractivity (Wildman–Crippen MR) is 130 cm³/mol. The number of nitrogens with one attached hydrogen (secondary N) is 1. The Bertz CT molecular complexity index is 1380. The summed E-state index contributed by atoms with van der Waals surface area (Å²) in [6.07, 6.45) is 1.48. The third-order valence-corrected chi connectivity index (χ3v) is 6.35. The summed E-state index contributed by atoms with van der Waals surface area (Å²) in [6.45, 7) is 6.95. The monoisotopic (exact) mass is 461 g/mol. The van der Waals surface area contributed by atoms with Crippen molar-refractivity contribution in [2.45, 2.75) is 33.1 Å². The number of fused-ring (bicyclic) bond motifs is 2. The van der Waals surface area contributed by atoms with Gasteiger partial charge in [-0.15, -0.1) is 0 Å². The lowest BCUT2D eigenvalue weighted by Crippen LogP contribution is -2.29. The fraction of sp³-hybridized carbons (Fsp3) is 0.259. The van der Waals surface area contributed by atoms with Gasteiger partial charge in [-0.1, -0.05) is 19.9 Å². The van der Waals surface area contributed by atoms with E-state index in [1.54, 1.807) is 30.6 Å². The molecule has 1 aliphatic rings. The molecule has 2 aromatic carbocycles. The fourth-order valence-electron chi connectivity index (χ4n) is 4.58. The van der Waals surface area contributed by atoms with Crippen molar-refractivity contribution in [2.75, 3.05) is 18.1 Å². The zero-order valence-electron chi connectivity index (χ0n) is 19.2. The third-order valence-electron chi connectivity index (χ3n) is 6.35. The Morgan fingerprint density at radius 1 is 1.15 bits per heavy atom. The molecule has 0 radical (unpaired) electrons. The standard InChI is InChI=1S/C27H25F2N3O2/c1-15(2)20-8-19(9-22-18(14-33)13-31-26(20)22)32-6-7-34-25-11-21(17-5-4-16(3)30-12-17)23(27(28)29)10-24(25)32/h4-5,8-15,27,31H,6-7H2,1-3H3. The molecular formula is C27H25F2N3O2. The van der Waals surface area contributed by atoms with E-state index in [4.69, 9.17) is 4.74 Å². The highest BCUT2D eigenvalue weighted by atomic mass is 19.3. The van der Waals surface area contributed by atoms with Crippen molar-refractivity contribution in [3.05, 3.63) is 71.2 Å². The minimum absolute atomic E-state index is 0.0692. The van der Waals surface area contributed by atoms with Gasteiger partial charge in [-0.2, -0.15) is 0 Å². The van der Waals surface area contributed by atoms with Crippen molar-refractivity contribution >= 4 is 28.6 Å². The molecule has 0 saturated heterocycles. The van der Waals surface area contributed by atoms with Gasteiger partial charge in [0.15, 0.2) is 6.29 Å². The Balaban J connectivity index is 1.68. The number of aryl methyl sites for hydroxylation is 1. The number of rotatable bonds is 5. The molecule has 0 aliphatic carbocycles. The minimum Gasteiger partial charge on any atom is -0.490 e. The number of pyridine rings is 1. The first-order chi connectivity index (χ1) is 16.4. The van der Waals surface area contributed by atoms with Crippen LogP contribution < -0.4 is 9.64 Å². The summed E-state index contributed by atoms with van der Waals surface area (Å²) >= 11 is 0. The second kappa shape index (κ2) is 8.56. The summed E-state index contributed by atoms with van der Waals surface area (Å²) in [6, 6.07) is 10.8. The highest BCUT2D eigenvalue weighted by molar-refractivity contribution is 6.01. The van der Waals surface area contributed by atoms with Crippen LogP contribution in [0.5, 0.6) is 5.75 Å². The maximum atomic E-state index is 14.2. The number of halogens is 2. The molecule has 1 aliphatic heterocycles. The van der Waals surface area contributed by atoms with E-state index >= 15 is 0 Å². The second-order valence-electron chi connectivity index (χ2n) is 8.87. The van der Waals surface area contributed by atoms with E-state index in [0.717, 1.165) is 34.1 Å². The number of ether oxygens (including phenoxy) is 1. The van der Waals surface area contributed by atoms with Gasteiger partial charge in [0.05, 0.1) is 12.2 Å². The normalized spacial score (nSPS) is 13.4. The molecule has 0 unspecified atom stereocenters. The van der Waals surface area contributed by atoms with Crippen LogP contribution in [-0.2, 0) is 0 Å². The number of aromatic nitrogens is 2. The van der Waals surface area contributed by atoms with E-state index in [0.29, 0.717) is 41.3 Å². The summed E-state index contributed by atoms with van der Waals surface area (Å²) in [4.78, 5) is 21.1. The zero-order valence-corrected chi connectivity index (χ0v) is 19.2. The Morgan fingerprint density at radius 3 is 2.65 bits per heavy atom. The van der Waals surface area contributed by atoms with E-state index < -0.39 is 6.43 Å². The van der Waals surface area contributed by atoms with Crippen molar-refractivity contribution in [3.63, 3.8) is 0 Å². The van der Waals surface area contributed by atoms with Gasteiger partial charge in [0.25, 0.3) is 6.43 Å². The summed E-state index contributed by atoms with van der Waals surface area (Å²) in [5.74, 6) is 0.747. The second-order valence-corrected chi connectivity index (χ2v) is 8.87. The first kappa shape index (κ1) is 22.1. The molecule has 0 bridgehead atoms.